The van der Waals surface area contributed by atoms with Crippen LogP contribution in [0.4, 0.5) is 0 Å². The van der Waals surface area contributed by atoms with Crippen LogP contribution in [-0.4, -0.2) is 111 Å². The minimum atomic E-state index is -2.76. The molecule has 1 saturated carbocycles. The van der Waals surface area contributed by atoms with E-state index in [1.807, 2.05) is 0 Å². The summed E-state index contributed by atoms with van der Waals surface area (Å²) in [6.07, 6.45) is -0.229. The number of hydrogen-bond donors (Lipinski definition) is 5. The van der Waals surface area contributed by atoms with Gasteiger partial charge in [-0.2, -0.15) is 0 Å². The van der Waals surface area contributed by atoms with Crippen LogP contribution in [0.2, 0.25) is 0 Å². The van der Waals surface area contributed by atoms with Crippen molar-refractivity contribution in [2.45, 2.75) is 24.5 Å². The van der Waals surface area contributed by atoms with Crippen LogP contribution in [0.15, 0.2) is 29.0 Å². The number of aliphatic hydroxyl groups excluding tert-OH is 2. The number of aromatic hydroxyl groups is 1. The zero-order valence-corrected chi connectivity index (χ0v) is 21.8. The Balaban J connectivity index is 1.65. The molecular weight excluding hydrogens is 526 g/mol. The molecule has 1 aromatic rings. The van der Waals surface area contributed by atoms with Gasteiger partial charge >= 0.3 is 0 Å². The lowest BCUT2D eigenvalue weighted by Crippen LogP contribution is -2.65. The van der Waals surface area contributed by atoms with Gasteiger partial charge < -0.3 is 35.8 Å². The summed E-state index contributed by atoms with van der Waals surface area (Å²) in [4.78, 5) is 68.2. The number of nitrogens with zero attached hydrogens (tertiary/aromatic N) is 2. The van der Waals surface area contributed by atoms with Gasteiger partial charge in [-0.25, -0.2) is 0 Å². The molecular formula is C27H29N3O10. The third-order valence-corrected chi connectivity index (χ3v) is 8.34. The highest BCUT2D eigenvalue weighted by Gasteiger charge is 2.64. The predicted octanol–water partition coefficient (Wildman–Crippen LogP) is -0.994. The number of ketones is 3. The molecule has 6 N–H and O–H groups in total. The number of phenols is 1. The third-order valence-electron chi connectivity index (χ3n) is 8.34. The number of carbonyl (C=O) groups is 5. The van der Waals surface area contributed by atoms with Crippen LogP contribution < -0.4 is 5.73 Å². The fourth-order valence-electron chi connectivity index (χ4n) is 6.48. The maximum absolute atomic E-state index is 13.9. The number of fused-ring (bicyclic) bond motifs is 3. The van der Waals surface area contributed by atoms with Crippen LogP contribution in [-0.2, 0) is 30.3 Å². The van der Waals surface area contributed by atoms with Crippen molar-refractivity contribution in [1.82, 2.24) is 9.80 Å². The van der Waals surface area contributed by atoms with Crippen molar-refractivity contribution in [2.24, 2.45) is 17.6 Å². The maximum atomic E-state index is 13.9. The van der Waals surface area contributed by atoms with Gasteiger partial charge in [0.25, 0.3) is 17.6 Å². The van der Waals surface area contributed by atoms with Crippen LogP contribution in [0, 0.1) is 11.8 Å². The van der Waals surface area contributed by atoms with Crippen molar-refractivity contribution in [3.05, 3.63) is 45.7 Å². The number of benzene rings is 1. The Kier molecular flexibility index (Phi) is 6.56. The summed E-state index contributed by atoms with van der Waals surface area (Å²) in [6, 6.07) is 1.16. The van der Waals surface area contributed by atoms with Gasteiger partial charge in [0, 0.05) is 30.1 Å². The van der Waals surface area contributed by atoms with E-state index in [-0.39, 0.29) is 61.4 Å². The smallest absolute Gasteiger partial charge is 0.295 e. The summed E-state index contributed by atoms with van der Waals surface area (Å²) in [5, 5.41) is 44.5. The number of likely N-dealkylation sites (N-methyl/N-ethyl adjacent to an activating group) is 1. The van der Waals surface area contributed by atoms with Crippen LogP contribution >= 0.6 is 0 Å². The molecule has 2 fully saturated rings. The summed E-state index contributed by atoms with van der Waals surface area (Å²) in [7, 11) is 3.00. The SMILES string of the molecule is CN(C)[C@@H]1C(=O)C(C(N)=O)=C(O)C2(O)C(=O)C3=C(O)c4c(O)ccc(C(=O)C(=O)N5CCOCC5)c4C[C@H]3C[C@@H]12. The van der Waals surface area contributed by atoms with E-state index >= 15 is 0 Å². The first-order valence-electron chi connectivity index (χ1n) is 12.7. The van der Waals surface area contributed by atoms with E-state index in [1.165, 1.54) is 30.0 Å². The molecule has 1 aliphatic heterocycles. The Morgan fingerprint density at radius 2 is 1.75 bits per heavy atom. The number of aliphatic hydroxyl groups is 3. The lowest BCUT2D eigenvalue weighted by Gasteiger charge is -2.50. The molecule has 212 valence electrons. The molecule has 4 atom stereocenters. The summed E-state index contributed by atoms with van der Waals surface area (Å²) in [5.74, 6) is -9.50. The van der Waals surface area contributed by atoms with E-state index in [0.717, 1.165) is 6.07 Å². The predicted molar refractivity (Wildman–Crippen MR) is 136 cm³/mol. The lowest BCUT2D eigenvalue weighted by atomic mass is 9.57. The van der Waals surface area contributed by atoms with Crippen LogP contribution in [0.1, 0.15) is 27.9 Å². The van der Waals surface area contributed by atoms with Crippen molar-refractivity contribution in [3.63, 3.8) is 0 Å². The van der Waals surface area contributed by atoms with E-state index in [9.17, 15) is 44.4 Å². The summed E-state index contributed by atoms with van der Waals surface area (Å²) < 4.78 is 5.23. The van der Waals surface area contributed by atoms with Crippen molar-refractivity contribution >= 4 is 34.9 Å². The normalized spacial score (nSPS) is 28.3. The van der Waals surface area contributed by atoms with Gasteiger partial charge in [0.15, 0.2) is 11.4 Å². The molecule has 13 heteroatoms. The van der Waals surface area contributed by atoms with Gasteiger partial charge in [0.05, 0.1) is 24.8 Å². The molecule has 1 aromatic carbocycles. The Morgan fingerprint density at radius 1 is 1.10 bits per heavy atom. The highest BCUT2D eigenvalue weighted by atomic mass is 16.5. The molecule has 0 spiro atoms. The Bertz CT molecular complexity index is 1440. The van der Waals surface area contributed by atoms with Gasteiger partial charge in [-0.1, -0.05) is 0 Å². The van der Waals surface area contributed by atoms with Crippen LogP contribution in [0.3, 0.4) is 0 Å². The number of phenolic OH excluding ortho intramolecular Hbond substituents is 1. The molecule has 5 rings (SSSR count). The average molecular weight is 556 g/mol. The van der Waals surface area contributed by atoms with E-state index < -0.39 is 75.5 Å². The molecule has 0 aromatic heterocycles. The van der Waals surface area contributed by atoms with Crippen molar-refractivity contribution in [2.75, 3.05) is 40.4 Å². The number of hydrogen-bond acceptors (Lipinski definition) is 11. The number of primary amides is 1. The summed E-state index contributed by atoms with van der Waals surface area (Å²) in [6.45, 7) is 1.00. The monoisotopic (exact) mass is 555 g/mol. The second-order valence-electron chi connectivity index (χ2n) is 10.7. The van der Waals surface area contributed by atoms with Crippen LogP contribution in [0.5, 0.6) is 5.75 Å². The molecule has 1 unspecified atom stereocenters. The van der Waals surface area contributed by atoms with Gasteiger partial charge in [-0.05, 0) is 50.6 Å². The fraction of sp³-hybridized carbons (Fsp3) is 0.444. The zero-order chi connectivity index (χ0) is 29.3. The fourth-order valence-corrected chi connectivity index (χ4v) is 6.48. The number of Topliss-reactive ketones (excluding diaryl/α,β-unsaturated/α-hetero) is 3. The molecule has 3 aliphatic carbocycles. The number of ether oxygens (including phenoxy) is 1. The minimum absolute atomic E-state index is 0.0641. The Morgan fingerprint density at radius 3 is 2.35 bits per heavy atom. The second-order valence-corrected chi connectivity index (χ2v) is 10.7. The maximum Gasteiger partial charge on any atom is 0.295 e. The first-order valence-corrected chi connectivity index (χ1v) is 12.7. The number of nitrogens with two attached hydrogens (primary N) is 1. The minimum Gasteiger partial charge on any atom is -0.508 e. The average Bonchev–Trinajstić information content (AvgIpc) is 2.90. The topological polar surface area (TPSA) is 208 Å². The summed E-state index contributed by atoms with van der Waals surface area (Å²) in [5.41, 5.74) is 1.13. The zero-order valence-electron chi connectivity index (χ0n) is 21.8. The first-order chi connectivity index (χ1) is 18.8. The standard InChI is InChI=1S/C27H29N3O10/c1-29(2)19-14-10-11-9-13-12(20(32)26(38)30-5-7-40-8-6-30)3-4-15(31)17(13)21(33)16(11)23(35)27(14,39)24(36)18(22(19)34)25(28)37/h3-4,11,14,19,31,33,36,39H,5-10H2,1-2H3,(H2,28,37)/t11-,14-,19-,27?/m0/s1. The van der Waals surface area contributed by atoms with E-state index in [4.69, 9.17) is 10.5 Å². The van der Waals surface area contributed by atoms with Crippen LogP contribution in [0.25, 0.3) is 5.76 Å². The molecule has 13 nitrogen and oxygen atoms in total. The molecule has 1 saturated heterocycles. The molecule has 0 radical (unpaired) electrons. The second kappa shape index (κ2) is 9.54. The molecule has 2 amide bonds. The van der Waals surface area contributed by atoms with E-state index in [2.05, 4.69) is 0 Å². The van der Waals surface area contributed by atoms with Crippen molar-refractivity contribution < 1.29 is 49.1 Å². The lowest BCUT2D eigenvalue weighted by molar-refractivity contribution is -0.153. The van der Waals surface area contributed by atoms with Gasteiger partial charge in [-0.3, -0.25) is 28.9 Å². The van der Waals surface area contributed by atoms with Gasteiger partial charge in [0.1, 0.15) is 22.8 Å². The van der Waals surface area contributed by atoms with E-state index in [1.54, 1.807) is 0 Å². The van der Waals surface area contributed by atoms with Crippen molar-refractivity contribution in [1.29, 1.82) is 0 Å². The Hall–Kier alpha value is -4.07. The largest absolute Gasteiger partial charge is 0.508 e. The van der Waals surface area contributed by atoms with Gasteiger partial charge in [-0.15, -0.1) is 0 Å². The highest BCUT2D eigenvalue weighted by Crippen LogP contribution is 2.53. The Labute approximate surface area is 228 Å². The molecule has 0 bridgehead atoms. The summed E-state index contributed by atoms with van der Waals surface area (Å²) >= 11 is 0. The van der Waals surface area contributed by atoms with Crippen molar-refractivity contribution in [3.8, 4) is 5.75 Å². The molecule has 40 heavy (non-hydrogen) atoms. The highest BCUT2D eigenvalue weighted by molar-refractivity contribution is 6.43. The third kappa shape index (κ3) is 3.76. The number of morpholine rings is 1. The number of rotatable bonds is 4. The molecule has 1 heterocycles. The first kappa shape index (κ1) is 27.5. The quantitative estimate of drug-likeness (QED) is 0.173. The molecule has 4 aliphatic rings. The van der Waals surface area contributed by atoms with Gasteiger partial charge in [0.2, 0.25) is 5.78 Å². The van der Waals surface area contributed by atoms with E-state index in [0.29, 0.717) is 0 Å². The number of amides is 2. The number of carbonyl (C=O) groups excluding carboxylic acids is 5.